The molecule has 0 saturated carbocycles. The minimum atomic E-state index is -1.99. The molecule has 33 heavy (non-hydrogen) atoms. The van der Waals surface area contributed by atoms with Crippen LogP contribution in [0.15, 0.2) is 0 Å². The van der Waals surface area contributed by atoms with Crippen LogP contribution >= 0.6 is 0 Å². The first-order valence-corrected chi connectivity index (χ1v) is 18.9. The van der Waals surface area contributed by atoms with Crippen LogP contribution in [0, 0.1) is 23.7 Å². The fourth-order valence-corrected chi connectivity index (χ4v) is 8.91. The quantitative estimate of drug-likeness (QED) is 0.233. The topological polar surface area (TPSA) is 55.8 Å². The summed E-state index contributed by atoms with van der Waals surface area (Å²) in [7, 11) is -3.92. The van der Waals surface area contributed by atoms with Crippen LogP contribution in [-0.2, 0) is 13.6 Å². The number of hydrogen-bond acceptors (Lipinski definition) is 4. The molecule has 0 radical (unpaired) electrons. The molecule has 0 bridgehead atoms. The largest absolute Gasteiger partial charge is 0.413 e. The van der Waals surface area contributed by atoms with E-state index in [1.165, 1.54) is 0 Å². The molecular formula is C27H58O4Si2. The third-order valence-corrected chi connectivity index (χ3v) is 17.5. The maximum atomic E-state index is 12.4. The first kappa shape index (κ1) is 33.0. The molecule has 198 valence electrons. The molecule has 0 saturated heterocycles. The van der Waals surface area contributed by atoms with Crippen molar-refractivity contribution in [3.8, 4) is 0 Å². The Bertz CT molecular complexity index is 571. The van der Waals surface area contributed by atoms with Crippen molar-refractivity contribution in [3.63, 3.8) is 0 Å². The minimum absolute atomic E-state index is 0.0450. The summed E-state index contributed by atoms with van der Waals surface area (Å²) in [4.78, 5) is 12.4. The molecule has 0 spiro atoms. The Hall–Kier alpha value is -0.0162. The SMILES string of the molecule is CC[Si](CC)(CC)O[C@@H]([C@@H](C)[C@H](O)CC(=O)C(C)C)[C@@H](C)[C@@H](O[Si](C)(C)C(C)(C)C)C(C)C. The Kier molecular flexibility index (Phi) is 13.3. The van der Waals surface area contributed by atoms with Gasteiger partial charge in [0.2, 0.25) is 0 Å². The Morgan fingerprint density at radius 2 is 1.27 bits per heavy atom. The lowest BCUT2D eigenvalue weighted by molar-refractivity contribution is -0.125. The summed E-state index contributed by atoms with van der Waals surface area (Å²) in [5.74, 6) is 0.369. The number of Topliss-reactive ketones (excluding diaryl/α,β-unsaturated/α-hetero) is 1. The monoisotopic (exact) mass is 502 g/mol. The van der Waals surface area contributed by atoms with Crippen molar-refractivity contribution in [2.45, 2.75) is 144 Å². The van der Waals surface area contributed by atoms with E-state index in [4.69, 9.17) is 8.85 Å². The molecule has 1 N–H and O–H groups in total. The Balaban J connectivity index is 6.22. The van der Waals surface area contributed by atoms with Crippen molar-refractivity contribution in [3.05, 3.63) is 0 Å². The van der Waals surface area contributed by atoms with Crippen LogP contribution in [0.2, 0.25) is 36.3 Å². The second kappa shape index (κ2) is 13.3. The zero-order valence-electron chi connectivity index (χ0n) is 24.5. The highest BCUT2D eigenvalue weighted by Gasteiger charge is 2.45. The maximum absolute atomic E-state index is 12.4. The minimum Gasteiger partial charge on any atom is -0.413 e. The van der Waals surface area contributed by atoms with Crippen LogP contribution in [0.5, 0.6) is 0 Å². The van der Waals surface area contributed by atoms with E-state index in [1.807, 2.05) is 13.8 Å². The molecule has 0 aromatic heterocycles. The van der Waals surface area contributed by atoms with Gasteiger partial charge in [-0.1, -0.05) is 83.1 Å². The summed E-state index contributed by atoms with van der Waals surface area (Å²) in [6, 6.07) is 3.19. The van der Waals surface area contributed by atoms with E-state index in [-0.39, 0.29) is 47.2 Å². The number of carbonyl (C=O) groups is 1. The van der Waals surface area contributed by atoms with Crippen molar-refractivity contribution >= 4 is 22.4 Å². The van der Waals surface area contributed by atoms with Gasteiger partial charge in [-0.2, -0.15) is 0 Å². The lowest BCUT2D eigenvalue weighted by Gasteiger charge is -2.47. The second-order valence-corrected chi connectivity index (χ2v) is 22.0. The van der Waals surface area contributed by atoms with E-state index >= 15 is 0 Å². The number of carbonyl (C=O) groups excluding carboxylic acids is 1. The normalized spacial score (nSPS) is 18.3. The number of rotatable bonds is 15. The molecule has 5 atom stereocenters. The number of aliphatic hydroxyl groups excluding tert-OH is 1. The maximum Gasteiger partial charge on any atom is 0.192 e. The van der Waals surface area contributed by atoms with Crippen LogP contribution in [-0.4, -0.2) is 45.8 Å². The molecule has 0 rings (SSSR count). The molecule has 6 heteroatoms. The summed E-state index contributed by atoms with van der Waals surface area (Å²) in [5.41, 5.74) is 0. The molecule has 4 nitrogen and oxygen atoms in total. The van der Waals surface area contributed by atoms with Gasteiger partial charge < -0.3 is 14.0 Å². The molecule has 0 amide bonds. The summed E-state index contributed by atoms with van der Waals surface area (Å²) < 4.78 is 14.1. The van der Waals surface area contributed by atoms with Crippen molar-refractivity contribution in [2.75, 3.05) is 0 Å². The predicted molar refractivity (Wildman–Crippen MR) is 148 cm³/mol. The van der Waals surface area contributed by atoms with E-state index < -0.39 is 22.7 Å². The fraction of sp³-hybridized carbons (Fsp3) is 0.963. The summed E-state index contributed by atoms with van der Waals surface area (Å²) >= 11 is 0. The second-order valence-electron chi connectivity index (χ2n) is 12.5. The van der Waals surface area contributed by atoms with Gasteiger partial charge in [0.05, 0.1) is 18.3 Å². The predicted octanol–water partition coefficient (Wildman–Crippen LogP) is 7.67. The zero-order valence-corrected chi connectivity index (χ0v) is 26.5. The molecule has 0 aliphatic heterocycles. The van der Waals surface area contributed by atoms with E-state index in [9.17, 15) is 9.90 Å². The highest BCUT2D eigenvalue weighted by Crippen LogP contribution is 2.41. The van der Waals surface area contributed by atoms with Gasteiger partial charge in [0.25, 0.3) is 0 Å². The number of hydrogen-bond donors (Lipinski definition) is 1. The van der Waals surface area contributed by atoms with E-state index in [2.05, 4.69) is 82.3 Å². The lowest BCUT2D eigenvalue weighted by atomic mass is 9.81. The molecule has 0 fully saturated rings. The van der Waals surface area contributed by atoms with E-state index in [1.54, 1.807) is 0 Å². The molecule has 0 unspecified atom stereocenters. The van der Waals surface area contributed by atoms with Gasteiger partial charge in [-0.3, -0.25) is 4.79 Å². The van der Waals surface area contributed by atoms with Crippen molar-refractivity contribution in [1.82, 2.24) is 0 Å². The van der Waals surface area contributed by atoms with Gasteiger partial charge in [0, 0.05) is 24.2 Å². The molecule has 0 aromatic rings. The smallest absolute Gasteiger partial charge is 0.192 e. The molecule has 0 aliphatic carbocycles. The van der Waals surface area contributed by atoms with Gasteiger partial charge >= 0.3 is 0 Å². The average molecular weight is 503 g/mol. The van der Waals surface area contributed by atoms with Crippen LogP contribution in [0.3, 0.4) is 0 Å². The van der Waals surface area contributed by atoms with Crippen LogP contribution < -0.4 is 0 Å². The fourth-order valence-electron chi connectivity index (χ4n) is 4.38. The van der Waals surface area contributed by atoms with Gasteiger partial charge in [0.1, 0.15) is 5.78 Å². The average Bonchev–Trinajstić information content (AvgIpc) is 2.71. The summed E-state index contributed by atoms with van der Waals surface area (Å²) in [6.45, 7) is 30.8. The molecule has 0 aliphatic rings. The first-order valence-electron chi connectivity index (χ1n) is 13.5. The van der Waals surface area contributed by atoms with Gasteiger partial charge in [-0.25, -0.2) is 0 Å². The Morgan fingerprint density at radius 1 is 0.818 bits per heavy atom. The van der Waals surface area contributed by atoms with E-state index in [0.717, 1.165) is 18.1 Å². The first-order chi connectivity index (χ1) is 14.9. The Morgan fingerprint density at radius 3 is 1.61 bits per heavy atom. The zero-order chi connectivity index (χ0) is 26.4. The molecule has 0 heterocycles. The van der Waals surface area contributed by atoms with Crippen molar-refractivity contribution in [1.29, 1.82) is 0 Å². The van der Waals surface area contributed by atoms with Crippen LogP contribution in [0.1, 0.15) is 89.5 Å². The highest BCUT2D eigenvalue weighted by atomic mass is 28.4. The van der Waals surface area contributed by atoms with E-state index in [0.29, 0.717) is 5.92 Å². The van der Waals surface area contributed by atoms with Crippen molar-refractivity contribution < 1.29 is 18.8 Å². The van der Waals surface area contributed by atoms with Gasteiger partial charge in [-0.05, 0) is 42.2 Å². The molecular weight excluding hydrogens is 444 g/mol. The highest BCUT2D eigenvalue weighted by molar-refractivity contribution is 6.74. The summed E-state index contributed by atoms with van der Waals surface area (Å²) in [6.07, 6.45) is -0.600. The number of ketones is 1. The van der Waals surface area contributed by atoms with Crippen LogP contribution in [0.25, 0.3) is 0 Å². The van der Waals surface area contributed by atoms with Crippen molar-refractivity contribution in [2.24, 2.45) is 23.7 Å². The summed E-state index contributed by atoms with van der Waals surface area (Å²) in [5, 5.41) is 11.3. The number of aliphatic hydroxyl groups is 1. The molecule has 0 aromatic carbocycles. The lowest BCUT2D eigenvalue weighted by Crippen LogP contribution is -2.53. The van der Waals surface area contributed by atoms with Crippen LogP contribution in [0.4, 0.5) is 0 Å². The standard InChI is InChI=1S/C27H58O4Si2/c1-15-33(16-2,17-3)31-26(21(8)24(29)18-23(28)19(4)5)22(9)25(20(6)7)30-32(13,14)27(10,11)12/h19-22,24-26,29H,15-18H2,1-14H3/t21-,22-,24+,25-,26-/m0/s1. The third-order valence-electron chi connectivity index (χ3n) is 8.43. The van der Waals surface area contributed by atoms with Gasteiger partial charge in [-0.15, -0.1) is 0 Å². The van der Waals surface area contributed by atoms with Gasteiger partial charge in [0.15, 0.2) is 16.6 Å². The third kappa shape index (κ3) is 9.17. The Labute approximate surface area is 208 Å².